The van der Waals surface area contributed by atoms with Gasteiger partial charge in [0.1, 0.15) is 13.2 Å². The number of allylic oxidation sites excluding steroid dienone is 23. The van der Waals surface area contributed by atoms with E-state index in [2.05, 4.69) is 154 Å². The lowest BCUT2D eigenvalue weighted by Crippen LogP contribution is -2.30. The molecule has 6 nitrogen and oxygen atoms in total. The average molecular weight is 1020 g/mol. The Bertz CT molecular complexity index is 1640. The highest BCUT2D eigenvalue weighted by atomic mass is 16.6. The minimum Gasteiger partial charge on any atom is -0.462 e. The smallest absolute Gasteiger partial charge is 0.310 e. The molecule has 0 bridgehead atoms. The van der Waals surface area contributed by atoms with Crippen molar-refractivity contribution < 1.29 is 28.6 Å². The van der Waals surface area contributed by atoms with E-state index in [9.17, 15) is 14.4 Å². The highest BCUT2D eigenvalue weighted by Crippen LogP contribution is 2.14. The van der Waals surface area contributed by atoms with Crippen molar-refractivity contribution in [2.45, 2.75) is 252 Å². The first-order valence-electron chi connectivity index (χ1n) is 29.8. The number of hydrogen-bond donors (Lipinski definition) is 0. The zero-order valence-electron chi connectivity index (χ0n) is 47.5. The third-order valence-corrected chi connectivity index (χ3v) is 12.1. The van der Waals surface area contributed by atoms with Crippen LogP contribution in [-0.2, 0) is 28.6 Å². The zero-order valence-corrected chi connectivity index (χ0v) is 47.5. The van der Waals surface area contributed by atoms with Crippen LogP contribution in [0.25, 0.3) is 0 Å². The number of hydrogen-bond acceptors (Lipinski definition) is 6. The molecule has 0 aromatic rings. The Morgan fingerprint density at radius 1 is 0.297 bits per heavy atom. The molecule has 0 aliphatic heterocycles. The quantitative estimate of drug-likeness (QED) is 0.0261. The molecule has 0 aromatic carbocycles. The minimum absolute atomic E-state index is 0.0875. The van der Waals surface area contributed by atoms with Crippen LogP contribution in [0.1, 0.15) is 245 Å². The van der Waals surface area contributed by atoms with Gasteiger partial charge in [0.05, 0.1) is 6.42 Å². The molecule has 1 atom stereocenters. The summed E-state index contributed by atoms with van der Waals surface area (Å²) >= 11 is 0. The predicted molar refractivity (Wildman–Crippen MR) is 320 cm³/mol. The summed E-state index contributed by atoms with van der Waals surface area (Å²) in [6.45, 7) is 6.29. The van der Waals surface area contributed by atoms with Crippen LogP contribution < -0.4 is 0 Å². The SMILES string of the molecule is CC/C=C\C/C=C\C/C=C\C/C=C\C/C=C\C/C=C\CCCCCCCCCCC(=O)OCC(COC(=O)CCCCCCC/C=C\CCCCCCC)OC(=O)C/C=C\C/C=C\C/C=C\C/C=C\C/C=C\CC. The van der Waals surface area contributed by atoms with Crippen LogP contribution in [0.15, 0.2) is 146 Å². The van der Waals surface area contributed by atoms with E-state index < -0.39 is 12.1 Å². The molecule has 1 unspecified atom stereocenters. The molecule has 0 N–H and O–H groups in total. The zero-order chi connectivity index (χ0) is 53.6. The number of esters is 3. The first kappa shape index (κ1) is 69.3. The molecule has 0 aliphatic rings. The molecule has 74 heavy (non-hydrogen) atoms. The van der Waals surface area contributed by atoms with Gasteiger partial charge in [-0.1, -0.05) is 250 Å². The molecular formula is C68H108O6. The van der Waals surface area contributed by atoms with Gasteiger partial charge in [0.2, 0.25) is 0 Å². The van der Waals surface area contributed by atoms with Crippen LogP contribution in [0.4, 0.5) is 0 Å². The van der Waals surface area contributed by atoms with Crippen molar-refractivity contribution in [1.82, 2.24) is 0 Å². The standard InChI is InChI=1S/C68H108O6/c1-4-7-10-13-16-19-22-25-28-29-30-31-32-33-34-35-36-37-38-39-41-43-46-49-52-55-58-61-67(70)73-64-65(63-72-66(69)60-57-54-51-48-45-42-27-24-21-18-15-12-9-6-3)74-68(71)62-59-56-53-50-47-44-40-26-23-20-17-14-11-8-5-2/h7-8,10-11,16-17,19-20,24-28,30-31,33-34,36-37,40,47,50,56,59,65H,4-6,9,12-15,18,21-23,29,32,35,38-39,41-46,48-49,51-55,57-58,60-64H2,1-3H3/b10-7-,11-8-,19-16-,20-17-,27-24-,28-25-,31-30-,34-33-,37-36-,40-26-,50-47-,59-56-. The highest BCUT2D eigenvalue weighted by molar-refractivity contribution is 5.72. The Morgan fingerprint density at radius 3 is 0.905 bits per heavy atom. The molecule has 0 rings (SSSR count). The van der Waals surface area contributed by atoms with Crippen molar-refractivity contribution in [3.63, 3.8) is 0 Å². The van der Waals surface area contributed by atoms with Crippen LogP contribution in [-0.4, -0.2) is 37.2 Å². The van der Waals surface area contributed by atoms with Gasteiger partial charge in [0.15, 0.2) is 6.10 Å². The summed E-state index contributed by atoms with van der Waals surface area (Å²) in [6.07, 6.45) is 87.3. The highest BCUT2D eigenvalue weighted by Gasteiger charge is 2.19. The van der Waals surface area contributed by atoms with E-state index in [1.165, 1.54) is 77.0 Å². The first-order valence-corrected chi connectivity index (χ1v) is 29.8. The minimum atomic E-state index is -0.845. The van der Waals surface area contributed by atoms with E-state index in [-0.39, 0.29) is 31.6 Å². The van der Waals surface area contributed by atoms with Crippen LogP contribution in [0.3, 0.4) is 0 Å². The fourth-order valence-corrected chi connectivity index (χ4v) is 7.69. The number of unbranched alkanes of at least 4 members (excludes halogenated alkanes) is 18. The molecule has 0 amide bonds. The normalized spacial score (nSPS) is 13.2. The summed E-state index contributed by atoms with van der Waals surface area (Å²) in [6, 6.07) is 0. The summed E-state index contributed by atoms with van der Waals surface area (Å²) in [4.78, 5) is 38.1. The monoisotopic (exact) mass is 1020 g/mol. The van der Waals surface area contributed by atoms with Gasteiger partial charge < -0.3 is 14.2 Å². The van der Waals surface area contributed by atoms with Crippen molar-refractivity contribution in [3.8, 4) is 0 Å². The summed E-state index contributed by atoms with van der Waals surface area (Å²) in [5.74, 6) is -1.08. The Kier molecular flexibility index (Phi) is 57.0. The fourth-order valence-electron chi connectivity index (χ4n) is 7.69. The predicted octanol–water partition coefficient (Wildman–Crippen LogP) is 20.4. The Labute approximate surface area is 455 Å². The molecule has 0 spiro atoms. The van der Waals surface area contributed by atoms with Crippen molar-refractivity contribution in [2.75, 3.05) is 13.2 Å². The van der Waals surface area contributed by atoms with Gasteiger partial charge in [0, 0.05) is 12.8 Å². The van der Waals surface area contributed by atoms with Crippen LogP contribution in [0, 0.1) is 0 Å². The van der Waals surface area contributed by atoms with E-state index in [4.69, 9.17) is 14.2 Å². The lowest BCUT2D eigenvalue weighted by molar-refractivity contribution is -0.166. The molecule has 0 heterocycles. The second-order valence-corrected chi connectivity index (χ2v) is 19.2. The Balaban J connectivity index is 4.44. The summed E-state index contributed by atoms with van der Waals surface area (Å²) in [7, 11) is 0. The maximum atomic E-state index is 12.8. The number of carbonyl (C=O) groups is 3. The molecule has 0 aliphatic carbocycles. The van der Waals surface area contributed by atoms with Crippen LogP contribution in [0.2, 0.25) is 0 Å². The van der Waals surface area contributed by atoms with E-state index >= 15 is 0 Å². The topological polar surface area (TPSA) is 78.9 Å². The lowest BCUT2D eigenvalue weighted by Gasteiger charge is -2.18. The molecule has 6 heteroatoms. The van der Waals surface area contributed by atoms with E-state index in [1.54, 1.807) is 6.08 Å². The van der Waals surface area contributed by atoms with Gasteiger partial charge in [-0.05, 0) is 122 Å². The molecule has 0 saturated carbocycles. The second kappa shape index (κ2) is 60.8. The summed E-state index contributed by atoms with van der Waals surface area (Å²) in [5, 5.41) is 0. The number of rotatable bonds is 52. The third kappa shape index (κ3) is 58.2. The van der Waals surface area contributed by atoms with Gasteiger partial charge in [-0.2, -0.15) is 0 Å². The first-order chi connectivity index (χ1) is 36.5. The van der Waals surface area contributed by atoms with Crippen LogP contribution in [0.5, 0.6) is 0 Å². The fraction of sp³-hybridized carbons (Fsp3) is 0.603. The molecule has 0 radical (unpaired) electrons. The number of carbonyl (C=O) groups excluding carboxylic acids is 3. The average Bonchev–Trinajstić information content (AvgIpc) is 3.40. The molecule has 0 aromatic heterocycles. The summed E-state index contributed by atoms with van der Waals surface area (Å²) in [5.41, 5.74) is 0. The Hall–Kier alpha value is -4.71. The van der Waals surface area contributed by atoms with Gasteiger partial charge >= 0.3 is 17.9 Å². The van der Waals surface area contributed by atoms with Gasteiger partial charge in [-0.15, -0.1) is 0 Å². The number of ether oxygens (including phenoxy) is 3. The van der Waals surface area contributed by atoms with Gasteiger partial charge in [-0.25, -0.2) is 0 Å². The maximum absolute atomic E-state index is 12.8. The van der Waals surface area contributed by atoms with Crippen molar-refractivity contribution in [2.24, 2.45) is 0 Å². The largest absolute Gasteiger partial charge is 0.462 e. The second-order valence-electron chi connectivity index (χ2n) is 19.2. The van der Waals surface area contributed by atoms with Crippen LogP contribution >= 0.6 is 0 Å². The van der Waals surface area contributed by atoms with Crippen molar-refractivity contribution in [1.29, 1.82) is 0 Å². The molecule has 416 valence electrons. The third-order valence-electron chi connectivity index (χ3n) is 12.1. The molecule has 0 saturated heterocycles. The molecule has 0 fully saturated rings. The van der Waals surface area contributed by atoms with E-state index in [0.29, 0.717) is 19.3 Å². The van der Waals surface area contributed by atoms with Crippen molar-refractivity contribution in [3.05, 3.63) is 146 Å². The maximum Gasteiger partial charge on any atom is 0.310 e. The summed E-state index contributed by atoms with van der Waals surface area (Å²) < 4.78 is 16.7. The molecular weight excluding hydrogens is 913 g/mol. The van der Waals surface area contributed by atoms with E-state index in [1.807, 2.05) is 6.08 Å². The Morgan fingerprint density at radius 2 is 0.568 bits per heavy atom. The van der Waals surface area contributed by atoms with Crippen molar-refractivity contribution >= 4 is 17.9 Å². The lowest BCUT2D eigenvalue weighted by atomic mass is 10.1. The van der Waals surface area contributed by atoms with E-state index in [0.717, 1.165) is 122 Å². The van der Waals surface area contributed by atoms with Gasteiger partial charge in [0.25, 0.3) is 0 Å². The van der Waals surface area contributed by atoms with Gasteiger partial charge in [-0.3, -0.25) is 14.4 Å².